The van der Waals surface area contributed by atoms with Gasteiger partial charge in [-0.3, -0.25) is 19.5 Å². The Morgan fingerprint density at radius 2 is 1.96 bits per heavy atom. The zero-order valence-corrected chi connectivity index (χ0v) is 13.9. The molecule has 0 spiro atoms. The molecule has 130 valence electrons. The molecule has 2 aliphatic rings. The maximum absolute atomic E-state index is 12.0. The first-order valence-corrected chi connectivity index (χ1v) is 8.74. The number of amides is 1. The number of hydrogen-bond acceptors (Lipinski definition) is 4. The lowest BCUT2D eigenvalue weighted by molar-refractivity contribution is -0.140. The topological polar surface area (TPSA) is 82.5 Å². The third-order valence-corrected chi connectivity index (χ3v) is 4.91. The van der Waals surface area contributed by atoms with Gasteiger partial charge in [-0.15, -0.1) is 0 Å². The minimum atomic E-state index is -0.763. The summed E-state index contributed by atoms with van der Waals surface area (Å²) in [4.78, 5) is 29.1. The van der Waals surface area contributed by atoms with Gasteiger partial charge in [-0.05, 0) is 55.7 Å². The van der Waals surface area contributed by atoms with Gasteiger partial charge >= 0.3 is 5.97 Å². The highest BCUT2D eigenvalue weighted by Gasteiger charge is 2.37. The predicted molar refractivity (Wildman–Crippen MR) is 89.4 cm³/mol. The van der Waals surface area contributed by atoms with Crippen molar-refractivity contribution in [2.45, 2.75) is 50.6 Å². The van der Waals surface area contributed by atoms with Crippen LogP contribution in [0.15, 0.2) is 24.5 Å². The van der Waals surface area contributed by atoms with E-state index >= 15 is 0 Å². The van der Waals surface area contributed by atoms with E-state index in [9.17, 15) is 9.59 Å². The highest BCUT2D eigenvalue weighted by Crippen LogP contribution is 2.33. The SMILES string of the molecule is O=C(O)CN(CC1CC1)C1CC(NC(=O)CCc2ccncc2)C1. The molecule has 6 heteroatoms. The molecule has 0 aliphatic heterocycles. The molecule has 0 unspecified atom stereocenters. The van der Waals surface area contributed by atoms with E-state index in [1.165, 1.54) is 12.8 Å². The molecule has 24 heavy (non-hydrogen) atoms. The number of carboxylic acid groups (broad SMARTS) is 1. The maximum atomic E-state index is 12.0. The molecule has 2 aliphatic carbocycles. The first-order valence-electron chi connectivity index (χ1n) is 8.74. The highest BCUT2D eigenvalue weighted by molar-refractivity contribution is 5.76. The Bertz CT molecular complexity index is 568. The summed E-state index contributed by atoms with van der Waals surface area (Å²) in [7, 11) is 0. The van der Waals surface area contributed by atoms with Gasteiger partial charge in [0.1, 0.15) is 0 Å². The third-order valence-electron chi connectivity index (χ3n) is 4.91. The number of pyridine rings is 1. The van der Waals surface area contributed by atoms with Crippen molar-refractivity contribution in [3.8, 4) is 0 Å². The van der Waals surface area contributed by atoms with Crippen molar-refractivity contribution in [3.63, 3.8) is 0 Å². The highest BCUT2D eigenvalue weighted by atomic mass is 16.4. The number of hydrogen-bond donors (Lipinski definition) is 2. The van der Waals surface area contributed by atoms with E-state index in [4.69, 9.17) is 5.11 Å². The Balaban J connectivity index is 1.37. The van der Waals surface area contributed by atoms with E-state index in [1.807, 2.05) is 12.1 Å². The van der Waals surface area contributed by atoms with E-state index in [1.54, 1.807) is 12.4 Å². The lowest BCUT2D eigenvalue weighted by Gasteiger charge is -2.42. The fourth-order valence-corrected chi connectivity index (χ4v) is 3.26. The number of rotatable bonds is 9. The van der Waals surface area contributed by atoms with Crippen LogP contribution in [0.2, 0.25) is 0 Å². The van der Waals surface area contributed by atoms with Crippen LogP contribution < -0.4 is 5.32 Å². The summed E-state index contributed by atoms with van der Waals surface area (Å²) in [5.41, 5.74) is 1.11. The van der Waals surface area contributed by atoms with Gasteiger partial charge in [0.05, 0.1) is 6.54 Å². The van der Waals surface area contributed by atoms with Gasteiger partial charge in [0.25, 0.3) is 0 Å². The number of carboxylic acids is 1. The number of aliphatic carboxylic acids is 1. The molecule has 1 heterocycles. The number of aryl methyl sites for hydroxylation is 1. The summed E-state index contributed by atoms with van der Waals surface area (Å²) >= 11 is 0. The molecule has 2 fully saturated rings. The summed E-state index contributed by atoms with van der Waals surface area (Å²) in [5, 5.41) is 12.1. The smallest absolute Gasteiger partial charge is 0.317 e. The van der Waals surface area contributed by atoms with Crippen molar-refractivity contribution >= 4 is 11.9 Å². The number of carbonyl (C=O) groups excluding carboxylic acids is 1. The van der Waals surface area contributed by atoms with Gasteiger partial charge < -0.3 is 10.4 Å². The minimum absolute atomic E-state index is 0.0715. The Morgan fingerprint density at radius 1 is 1.25 bits per heavy atom. The molecule has 3 rings (SSSR count). The fraction of sp³-hybridized carbons (Fsp3) is 0.611. The van der Waals surface area contributed by atoms with Crippen LogP contribution in [-0.2, 0) is 16.0 Å². The summed E-state index contributed by atoms with van der Waals surface area (Å²) in [6.07, 6.45) is 8.84. The molecular weight excluding hydrogens is 306 g/mol. The van der Waals surface area contributed by atoms with E-state index < -0.39 is 5.97 Å². The molecule has 0 bridgehead atoms. The monoisotopic (exact) mass is 331 g/mol. The van der Waals surface area contributed by atoms with Crippen LogP contribution >= 0.6 is 0 Å². The molecule has 0 radical (unpaired) electrons. The fourth-order valence-electron chi connectivity index (χ4n) is 3.26. The van der Waals surface area contributed by atoms with Crippen molar-refractivity contribution < 1.29 is 14.7 Å². The molecule has 2 N–H and O–H groups in total. The van der Waals surface area contributed by atoms with Crippen LogP contribution in [0.4, 0.5) is 0 Å². The number of carbonyl (C=O) groups is 2. The zero-order chi connectivity index (χ0) is 16.9. The Labute approximate surface area is 142 Å². The first kappa shape index (κ1) is 16.9. The number of aromatic nitrogens is 1. The summed E-state index contributed by atoms with van der Waals surface area (Å²) in [6.45, 7) is 1.00. The van der Waals surface area contributed by atoms with Gasteiger partial charge in [0, 0.05) is 37.4 Å². The standard InChI is InChI=1S/C18H25N3O3/c22-17(4-3-13-5-7-19-8-6-13)20-15-9-16(10-15)21(12-18(23)24)11-14-1-2-14/h5-8,14-16H,1-4,9-12H2,(H,20,22)(H,23,24). The molecular formula is C18H25N3O3. The zero-order valence-electron chi connectivity index (χ0n) is 13.9. The molecule has 1 aromatic rings. The van der Waals surface area contributed by atoms with Crippen LogP contribution in [0.25, 0.3) is 0 Å². The number of nitrogens with one attached hydrogen (secondary N) is 1. The summed E-state index contributed by atoms with van der Waals surface area (Å²) in [6, 6.07) is 4.34. The van der Waals surface area contributed by atoms with Crippen molar-refractivity contribution in [1.29, 1.82) is 0 Å². The molecule has 0 aromatic carbocycles. The van der Waals surface area contributed by atoms with E-state index in [0.29, 0.717) is 18.4 Å². The molecule has 0 saturated heterocycles. The average molecular weight is 331 g/mol. The number of nitrogens with zero attached hydrogens (tertiary/aromatic N) is 2. The largest absolute Gasteiger partial charge is 0.480 e. The Morgan fingerprint density at radius 3 is 2.58 bits per heavy atom. The van der Waals surface area contributed by atoms with Crippen LogP contribution in [0.5, 0.6) is 0 Å². The first-order chi connectivity index (χ1) is 11.6. The minimum Gasteiger partial charge on any atom is -0.480 e. The van der Waals surface area contributed by atoms with Crippen LogP contribution in [0.1, 0.15) is 37.7 Å². The second-order valence-corrected chi connectivity index (χ2v) is 7.01. The predicted octanol–water partition coefficient (Wildman–Crippen LogP) is 1.46. The lowest BCUT2D eigenvalue weighted by Crippen LogP contribution is -2.55. The van der Waals surface area contributed by atoms with E-state index in [-0.39, 0.29) is 18.5 Å². The van der Waals surface area contributed by atoms with Gasteiger partial charge in [-0.1, -0.05) is 0 Å². The van der Waals surface area contributed by atoms with E-state index in [0.717, 1.165) is 31.4 Å². The molecule has 6 nitrogen and oxygen atoms in total. The van der Waals surface area contributed by atoms with Crippen LogP contribution in [0.3, 0.4) is 0 Å². The lowest BCUT2D eigenvalue weighted by atomic mass is 9.85. The molecule has 1 aromatic heterocycles. The van der Waals surface area contributed by atoms with Crippen molar-refractivity contribution in [3.05, 3.63) is 30.1 Å². The average Bonchev–Trinajstić information content (AvgIpc) is 3.32. The van der Waals surface area contributed by atoms with E-state index in [2.05, 4.69) is 15.2 Å². The normalized spacial score (nSPS) is 22.9. The molecule has 1 amide bonds. The van der Waals surface area contributed by atoms with Crippen LogP contribution in [-0.4, -0.2) is 52.0 Å². The van der Waals surface area contributed by atoms with Gasteiger partial charge in [-0.2, -0.15) is 0 Å². The van der Waals surface area contributed by atoms with Crippen LogP contribution in [0, 0.1) is 5.92 Å². The quantitative estimate of drug-likeness (QED) is 0.716. The second kappa shape index (κ2) is 7.75. The molecule has 2 saturated carbocycles. The van der Waals surface area contributed by atoms with Crippen molar-refractivity contribution in [2.24, 2.45) is 5.92 Å². The second-order valence-electron chi connectivity index (χ2n) is 7.01. The Kier molecular flexibility index (Phi) is 5.45. The Hall–Kier alpha value is -1.95. The van der Waals surface area contributed by atoms with Gasteiger partial charge in [0.15, 0.2) is 0 Å². The maximum Gasteiger partial charge on any atom is 0.317 e. The summed E-state index contributed by atoms with van der Waals surface area (Å²) in [5.74, 6) is -0.0129. The van der Waals surface area contributed by atoms with Gasteiger partial charge in [0.2, 0.25) is 5.91 Å². The van der Waals surface area contributed by atoms with Crippen molar-refractivity contribution in [1.82, 2.24) is 15.2 Å². The van der Waals surface area contributed by atoms with Crippen molar-refractivity contribution in [2.75, 3.05) is 13.1 Å². The van der Waals surface area contributed by atoms with Gasteiger partial charge in [-0.25, -0.2) is 0 Å². The summed E-state index contributed by atoms with van der Waals surface area (Å²) < 4.78 is 0. The third kappa shape index (κ3) is 5.03. The molecule has 0 atom stereocenters.